The van der Waals surface area contributed by atoms with Crippen LogP contribution in [0.25, 0.3) is 0 Å². The van der Waals surface area contributed by atoms with Gasteiger partial charge in [0.25, 0.3) is 0 Å². The summed E-state index contributed by atoms with van der Waals surface area (Å²) in [5.41, 5.74) is 4.35. The lowest BCUT2D eigenvalue weighted by Gasteiger charge is -2.32. The lowest BCUT2D eigenvalue weighted by atomic mass is 10.0. The van der Waals surface area contributed by atoms with Gasteiger partial charge in [-0.3, -0.25) is 13.9 Å². The van der Waals surface area contributed by atoms with Gasteiger partial charge >= 0.3 is 0 Å². The molecule has 0 heterocycles. The van der Waals surface area contributed by atoms with Crippen molar-refractivity contribution in [2.24, 2.45) is 0 Å². The Labute approximate surface area is 253 Å². The van der Waals surface area contributed by atoms with Crippen LogP contribution in [0, 0.1) is 13.8 Å². The number of hydrogen-bond acceptors (Lipinski definition) is 4. The van der Waals surface area contributed by atoms with E-state index in [1.54, 1.807) is 4.90 Å². The van der Waals surface area contributed by atoms with Gasteiger partial charge in [-0.1, -0.05) is 64.5 Å². The molecule has 41 heavy (non-hydrogen) atoms. The van der Waals surface area contributed by atoms with Gasteiger partial charge in [-0.2, -0.15) is 0 Å². The van der Waals surface area contributed by atoms with Crippen LogP contribution in [0.2, 0.25) is 0 Å². The van der Waals surface area contributed by atoms with Crippen molar-refractivity contribution in [2.75, 3.05) is 17.1 Å². The summed E-state index contributed by atoms with van der Waals surface area (Å²) in [5, 5.41) is 2.99. The third kappa shape index (κ3) is 10.0. The first-order valence-electron chi connectivity index (χ1n) is 13.8. The summed E-state index contributed by atoms with van der Waals surface area (Å²) in [6.07, 6.45) is 1.94. The van der Waals surface area contributed by atoms with Crippen molar-refractivity contribution in [3.63, 3.8) is 0 Å². The summed E-state index contributed by atoms with van der Waals surface area (Å²) >= 11 is 3.46. The molecule has 3 aromatic rings. The minimum Gasteiger partial charge on any atom is -0.352 e. The van der Waals surface area contributed by atoms with Crippen LogP contribution in [0.1, 0.15) is 48.9 Å². The molecule has 220 valence electrons. The van der Waals surface area contributed by atoms with Crippen LogP contribution in [0.3, 0.4) is 0 Å². The Kier molecular flexibility index (Phi) is 11.5. The highest BCUT2D eigenvalue weighted by Crippen LogP contribution is 2.23. The van der Waals surface area contributed by atoms with Crippen molar-refractivity contribution >= 4 is 43.5 Å². The molecule has 0 bridgehead atoms. The first kappa shape index (κ1) is 32.3. The number of halogens is 1. The third-order valence-corrected chi connectivity index (χ3v) is 8.34. The minimum absolute atomic E-state index is 0.0909. The predicted octanol–water partition coefficient (Wildman–Crippen LogP) is 5.78. The van der Waals surface area contributed by atoms with E-state index in [0.29, 0.717) is 18.5 Å². The van der Waals surface area contributed by atoms with Crippen LogP contribution in [0.4, 0.5) is 5.69 Å². The molecular weight excluding hydrogens is 602 g/mol. The number of amides is 2. The monoisotopic (exact) mass is 641 g/mol. The van der Waals surface area contributed by atoms with Gasteiger partial charge in [-0.15, -0.1) is 0 Å². The smallest absolute Gasteiger partial charge is 0.243 e. The van der Waals surface area contributed by atoms with Crippen LogP contribution in [-0.2, 0) is 32.6 Å². The summed E-state index contributed by atoms with van der Waals surface area (Å²) in [6, 6.07) is 22.2. The number of aryl methyl sites for hydroxylation is 2. The molecule has 0 unspecified atom stereocenters. The molecule has 0 saturated heterocycles. The number of nitrogens with zero attached hydrogens (tertiary/aromatic N) is 2. The molecule has 1 N–H and O–H groups in total. The molecule has 0 aliphatic carbocycles. The number of anilines is 1. The standard InChI is InChI=1S/C32H40BrN3O4S/c1-23(2)34-32(38)30(21-26-10-7-6-8-11-26)35(22-27-13-15-28(33)16-14-27)31(37)12-9-17-36(41(5,39)40)29-19-24(3)18-25(4)20-29/h6-8,10-11,13-16,18-20,23,30H,9,12,17,21-22H2,1-5H3,(H,34,38)/t30-/m0/s1. The molecule has 0 aromatic heterocycles. The number of benzene rings is 3. The fourth-order valence-electron chi connectivity index (χ4n) is 4.82. The van der Waals surface area contributed by atoms with Crippen LogP contribution < -0.4 is 9.62 Å². The Morgan fingerprint density at radius 3 is 2.07 bits per heavy atom. The topological polar surface area (TPSA) is 86.8 Å². The maximum atomic E-state index is 13.9. The Bertz CT molecular complexity index is 1410. The SMILES string of the molecule is Cc1cc(C)cc(N(CCCC(=O)N(Cc2ccc(Br)cc2)[C@@H](Cc2ccccc2)C(=O)NC(C)C)S(C)(=O)=O)c1. The molecule has 0 saturated carbocycles. The van der Waals surface area contributed by atoms with E-state index >= 15 is 0 Å². The van der Waals surface area contributed by atoms with Crippen molar-refractivity contribution in [1.29, 1.82) is 0 Å². The molecule has 3 aromatic carbocycles. The molecule has 0 fully saturated rings. The lowest BCUT2D eigenvalue weighted by molar-refractivity contribution is -0.141. The van der Waals surface area contributed by atoms with Crippen LogP contribution in [0.5, 0.6) is 0 Å². The molecule has 9 heteroatoms. The summed E-state index contributed by atoms with van der Waals surface area (Å²) in [6.45, 7) is 8.05. The molecule has 0 aliphatic heterocycles. The first-order valence-corrected chi connectivity index (χ1v) is 16.4. The zero-order chi connectivity index (χ0) is 30.2. The number of carbonyl (C=O) groups excluding carboxylic acids is 2. The second-order valence-electron chi connectivity index (χ2n) is 10.8. The van der Waals surface area contributed by atoms with Crippen LogP contribution >= 0.6 is 15.9 Å². The van der Waals surface area contributed by atoms with Crippen LogP contribution in [-0.4, -0.2) is 50.0 Å². The Hall–Kier alpha value is -3.17. The Morgan fingerprint density at radius 1 is 0.902 bits per heavy atom. The van der Waals surface area contributed by atoms with Gasteiger partial charge in [0.2, 0.25) is 21.8 Å². The summed E-state index contributed by atoms with van der Waals surface area (Å²) in [5.74, 6) is -0.427. The summed E-state index contributed by atoms with van der Waals surface area (Å²) < 4.78 is 27.7. The maximum Gasteiger partial charge on any atom is 0.243 e. The van der Waals surface area contributed by atoms with Crippen molar-refractivity contribution < 1.29 is 18.0 Å². The van der Waals surface area contributed by atoms with Gasteiger partial charge in [0.15, 0.2) is 0 Å². The number of hydrogen-bond donors (Lipinski definition) is 1. The van der Waals surface area contributed by atoms with Gasteiger partial charge in [0.05, 0.1) is 11.9 Å². The largest absolute Gasteiger partial charge is 0.352 e. The fraction of sp³-hybridized carbons (Fsp3) is 0.375. The van der Waals surface area contributed by atoms with Crippen molar-refractivity contribution in [2.45, 2.75) is 65.6 Å². The number of sulfonamides is 1. The zero-order valence-electron chi connectivity index (χ0n) is 24.4. The molecule has 7 nitrogen and oxygen atoms in total. The summed E-state index contributed by atoms with van der Waals surface area (Å²) in [7, 11) is -3.57. The van der Waals surface area contributed by atoms with Crippen molar-refractivity contribution in [3.8, 4) is 0 Å². The van der Waals surface area contributed by atoms with Gasteiger partial charge in [-0.05, 0) is 80.6 Å². The van der Waals surface area contributed by atoms with E-state index in [0.717, 1.165) is 26.7 Å². The van der Waals surface area contributed by atoms with Gasteiger partial charge in [0, 0.05) is 36.4 Å². The molecule has 0 spiro atoms. The van der Waals surface area contributed by atoms with Gasteiger partial charge < -0.3 is 10.2 Å². The molecule has 0 aliphatic rings. The van der Waals surface area contributed by atoms with E-state index in [1.165, 1.54) is 10.6 Å². The average molecular weight is 643 g/mol. The highest BCUT2D eigenvalue weighted by atomic mass is 79.9. The van der Waals surface area contributed by atoms with Crippen LogP contribution in [0.15, 0.2) is 77.3 Å². The van der Waals surface area contributed by atoms with E-state index in [-0.39, 0.29) is 37.4 Å². The molecule has 2 amide bonds. The molecule has 1 atom stereocenters. The average Bonchev–Trinajstić information content (AvgIpc) is 2.88. The second-order valence-corrected chi connectivity index (χ2v) is 13.6. The zero-order valence-corrected chi connectivity index (χ0v) is 26.8. The summed E-state index contributed by atoms with van der Waals surface area (Å²) in [4.78, 5) is 29.0. The predicted molar refractivity (Wildman–Crippen MR) is 169 cm³/mol. The minimum atomic E-state index is -3.57. The number of nitrogens with one attached hydrogen (secondary N) is 1. The highest BCUT2D eigenvalue weighted by molar-refractivity contribution is 9.10. The quantitative estimate of drug-likeness (QED) is 0.256. The lowest BCUT2D eigenvalue weighted by Crippen LogP contribution is -2.51. The number of carbonyl (C=O) groups is 2. The van der Waals surface area contributed by atoms with Gasteiger partial charge in [0.1, 0.15) is 6.04 Å². The normalized spacial score (nSPS) is 12.2. The molecule has 0 radical (unpaired) electrons. The second kappa shape index (κ2) is 14.6. The Morgan fingerprint density at radius 2 is 1.51 bits per heavy atom. The third-order valence-electron chi connectivity index (χ3n) is 6.61. The molecular formula is C32H40BrN3O4S. The van der Waals surface area contributed by atoms with E-state index in [4.69, 9.17) is 0 Å². The van der Waals surface area contributed by atoms with Crippen molar-refractivity contribution in [1.82, 2.24) is 10.2 Å². The van der Waals surface area contributed by atoms with E-state index < -0.39 is 16.1 Å². The number of rotatable bonds is 13. The van der Waals surface area contributed by atoms with Crippen molar-refractivity contribution in [3.05, 3.63) is 99.5 Å². The maximum absolute atomic E-state index is 13.9. The van der Waals surface area contributed by atoms with E-state index in [2.05, 4.69) is 21.2 Å². The van der Waals surface area contributed by atoms with E-state index in [1.807, 2.05) is 100 Å². The fourth-order valence-corrected chi connectivity index (χ4v) is 6.03. The first-order chi connectivity index (χ1) is 19.3. The highest BCUT2D eigenvalue weighted by Gasteiger charge is 2.31. The molecule has 3 rings (SSSR count). The Balaban J connectivity index is 1.89. The van der Waals surface area contributed by atoms with E-state index in [9.17, 15) is 18.0 Å². The van der Waals surface area contributed by atoms with Gasteiger partial charge in [-0.25, -0.2) is 8.42 Å².